The Bertz CT molecular complexity index is 432. The molecule has 1 heterocycles. The second-order valence-corrected chi connectivity index (χ2v) is 4.98. The summed E-state index contributed by atoms with van der Waals surface area (Å²) in [6.45, 7) is 9.11. The average Bonchev–Trinajstić information content (AvgIpc) is 2.46. The molecule has 0 aromatic carbocycles. The number of anilines is 1. The van der Waals surface area contributed by atoms with Gasteiger partial charge in [-0.25, -0.2) is 4.98 Å². The van der Waals surface area contributed by atoms with Crippen molar-refractivity contribution in [3.8, 4) is 0 Å². The molecule has 0 radical (unpaired) electrons. The highest BCUT2D eigenvalue weighted by Gasteiger charge is 2.13. The summed E-state index contributed by atoms with van der Waals surface area (Å²) in [6.07, 6.45) is 3.89. The third-order valence-corrected chi connectivity index (χ3v) is 3.33. The minimum atomic E-state index is 0.00144. The summed E-state index contributed by atoms with van der Waals surface area (Å²) in [5, 5.41) is 6.29. The van der Waals surface area contributed by atoms with Crippen LogP contribution in [0.15, 0.2) is 12.1 Å². The first-order chi connectivity index (χ1) is 9.64. The van der Waals surface area contributed by atoms with E-state index in [0.717, 1.165) is 43.7 Å². The summed E-state index contributed by atoms with van der Waals surface area (Å²) < 4.78 is 0. The number of nitrogens with zero attached hydrogens (tertiary/aromatic N) is 1. The Morgan fingerprint density at radius 2 is 2.00 bits per heavy atom. The maximum Gasteiger partial charge on any atom is 0.251 e. The Hall–Kier alpha value is -1.58. The van der Waals surface area contributed by atoms with Crippen LogP contribution in [0.2, 0.25) is 0 Å². The summed E-state index contributed by atoms with van der Waals surface area (Å²) in [6, 6.07) is 3.97. The first-order valence-electron chi connectivity index (χ1n) is 7.70. The lowest BCUT2D eigenvalue weighted by Gasteiger charge is -2.16. The van der Waals surface area contributed by atoms with Crippen LogP contribution in [-0.2, 0) is 6.42 Å². The Morgan fingerprint density at radius 1 is 1.25 bits per heavy atom. The lowest BCUT2D eigenvalue weighted by Crippen LogP contribution is -2.34. The van der Waals surface area contributed by atoms with Gasteiger partial charge in [-0.3, -0.25) is 4.79 Å². The van der Waals surface area contributed by atoms with Gasteiger partial charge in [0.2, 0.25) is 0 Å². The van der Waals surface area contributed by atoms with E-state index in [2.05, 4.69) is 29.5 Å². The Kier molecular flexibility index (Phi) is 7.05. The number of carbonyl (C=O) groups is 1. The number of amides is 1. The molecule has 112 valence electrons. The highest BCUT2D eigenvalue weighted by Crippen LogP contribution is 2.12. The molecule has 4 nitrogen and oxygen atoms in total. The van der Waals surface area contributed by atoms with E-state index in [9.17, 15) is 4.79 Å². The molecule has 1 aromatic rings. The number of carbonyl (C=O) groups excluding carboxylic acids is 1. The van der Waals surface area contributed by atoms with Crippen molar-refractivity contribution in [2.45, 2.75) is 59.4 Å². The van der Waals surface area contributed by atoms with Crippen molar-refractivity contribution in [2.75, 3.05) is 11.9 Å². The van der Waals surface area contributed by atoms with Gasteiger partial charge in [-0.2, -0.15) is 0 Å². The zero-order chi connectivity index (χ0) is 15.0. The number of pyridine rings is 1. The fourth-order valence-corrected chi connectivity index (χ4v) is 2.17. The van der Waals surface area contributed by atoms with E-state index in [4.69, 9.17) is 0 Å². The SMILES string of the molecule is CCCC(CC)NC(=O)c1cc(CC)nc(NCC)c1. The summed E-state index contributed by atoms with van der Waals surface area (Å²) in [4.78, 5) is 16.8. The number of rotatable bonds is 8. The maximum absolute atomic E-state index is 12.3. The van der Waals surface area contributed by atoms with Crippen LogP contribution in [-0.4, -0.2) is 23.5 Å². The highest BCUT2D eigenvalue weighted by atomic mass is 16.1. The second kappa shape index (κ2) is 8.56. The minimum Gasteiger partial charge on any atom is -0.370 e. The van der Waals surface area contributed by atoms with Gasteiger partial charge in [-0.15, -0.1) is 0 Å². The molecular formula is C16H27N3O. The van der Waals surface area contributed by atoms with E-state index in [1.807, 2.05) is 26.0 Å². The summed E-state index contributed by atoms with van der Waals surface area (Å²) >= 11 is 0. The molecule has 20 heavy (non-hydrogen) atoms. The van der Waals surface area contributed by atoms with Crippen molar-refractivity contribution >= 4 is 11.7 Å². The van der Waals surface area contributed by atoms with E-state index in [0.29, 0.717) is 5.56 Å². The molecular weight excluding hydrogens is 250 g/mol. The predicted octanol–water partition coefficient (Wildman–Crippen LogP) is 3.38. The Balaban J connectivity index is 2.87. The topological polar surface area (TPSA) is 54.0 Å². The molecule has 1 rings (SSSR count). The van der Waals surface area contributed by atoms with Crippen molar-refractivity contribution in [1.29, 1.82) is 0 Å². The number of aromatic nitrogens is 1. The molecule has 0 spiro atoms. The number of aryl methyl sites for hydroxylation is 1. The summed E-state index contributed by atoms with van der Waals surface area (Å²) in [7, 11) is 0. The van der Waals surface area contributed by atoms with Crippen LogP contribution in [0.5, 0.6) is 0 Å². The van der Waals surface area contributed by atoms with Crippen molar-refractivity contribution in [2.24, 2.45) is 0 Å². The van der Waals surface area contributed by atoms with E-state index < -0.39 is 0 Å². The molecule has 0 aliphatic carbocycles. The van der Waals surface area contributed by atoms with E-state index in [1.165, 1.54) is 0 Å². The summed E-state index contributed by atoms with van der Waals surface area (Å²) in [5.41, 5.74) is 1.64. The zero-order valence-electron chi connectivity index (χ0n) is 13.1. The fraction of sp³-hybridized carbons (Fsp3) is 0.625. The van der Waals surface area contributed by atoms with E-state index >= 15 is 0 Å². The Morgan fingerprint density at radius 3 is 2.55 bits per heavy atom. The molecule has 2 N–H and O–H groups in total. The first-order valence-corrected chi connectivity index (χ1v) is 7.70. The standard InChI is InChI=1S/C16H27N3O/c1-5-9-13(6-2)19-16(20)12-10-14(7-3)18-15(11-12)17-8-4/h10-11,13H,5-9H2,1-4H3,(H,17,18)(H,19,20). The molecule has 0 saturated carbocycles. The smallest absolute Gasteiger partial charge is 0.251 e. The summed E-state index contributed by atoms with van der Waals surface area (Å²) in [5.74, 6) is 0.780. The van der Waals surface area contributed by atoms with Crippen LogP contribution >= 0.6 is 0 Å². The van der Waals surface area contributed by atoms with Crippen molar-refractivity contribution in [3.63, 3.8) is 0 Å². The van der Waals surface area contributed by atoms with Gasteiger partial charge in [-0.05, 0) is 38.3 Å². The normalized spacial score (nSPS) is 12.0. The first kappa shape index (κ1) is 16.5. The molecule has 0 saturated heterocycles. The van der Waals surface area contributed by atoms with Gasteiger partial charge in [0.05, 0.1) is 0 Å². The molecule has 1 unspecified atom stereocenters. The van der Waals surface area contributed by atoms with Crippen LogP contribution in [0.25, 0.3) is 0 Å². The lowest BCUT2D eigenvalue weighted by atomic mass is 10.1. The van der Waals surface area contributed by atoms with Gasteiger partial charge in [0, 0.05) is 23.8 Å². The van der Waals surface area contributed by atoms with Gasteiger partial charge in [0.1, 0.15) is 5.82 Å². The fourth-order valence-electron chi connectivity index (χ4n) is 2.17. The van der Waals surface area contributed by atoms with Crippen LogP contribution in [0, 0.1) is 0 Å². The van der Waals surface area contributed by atoms with Gasteiger partial charge in [0.15, 0.2) is 0 Å². The molecule has 4 heteroatoms. The van der Waals surface area contributed by atoms with Crippen molar-refractivity contribution in [1.82, 2.24) is 10.3 Å². The second-order valence-electron chi connectivity index (χ2n) is 4.98. The largest absolute Gasteiger partial charge is 0.370 e. The zero-order valence-corrected chi connectivity index (χ0v) is 13.1. The van der Waals surface area contributed by atoms with Gasteiger partial charge >= 0.3 is 0 Å². The molecule has 0 aliphatic heterocycles. The minimum absolute atomic E-state index is 0.00144. The van der Waals surface area contributed by atoms with Crippen molar-refractivity contribution in [3.05, 3.63) is 23.4 Å². The monoisotopic (exact) mass is 277 g/mol. The molecule has 0 aliphatic rings. The van der Waals surface area contributed by atoms with E-state index in [1.54, 1.807) is 0 Å². The van der Waals surface area contributed by atoms with Gasteiger partial charge < -0.3 is 10.6 Å². The van der Waals surface area contributed by atoms with Gasteiger partial charge in [-0.1, -0.05) is 27.2 Å². The van der Waals surface area contributed by atoms with Crippen LogP contribution in [0.4, 0.5) is 5.82 Å². The molecule has 0 fully saturated rings. The van der Waals surface area contributed by atoms with Crippen molar-refractivity contribution < 1.29 is 4.79 Å². The molecule has 1 amide bonds. The number of nitrogens with one attached hydrogen (secondary N) is 2. The van der Waals surface area contributed by atoms with Crippen LogP contribution in [0.1, 0.15) is 63.0 Å². The number of hydrogen-bond donors (Lipinski definition) is 2. The highest BCUT2D eigenvalue weighted by molar-refractivity contribution is 5.95. The van der Waals surface area contributed by atoms with Gasteiger partial charge in [0.25, 0.3) is 5.91 Å². The van der Waals surface area contributed by atoms with E-state index in [-0.39, 0.29) is 11.9 Å². The predicted molar refractivity (Wildman–Crippen MR) is 84.2 cm³/mol. The molecule has 1 aromatic heterocycles. The maximum atomic E-state index is 12.3. The van der Waals surface area contributed by atoms with Crippen LogP contribution in [0.3, 0.4) is 0 Å². The molecule has 0 bridgehead atoms. The van der Waals surface area contributed by atoms with Crippen LogP contribution < -0.4 is 10.6 Å². The third-order valence-electron chi connectivity index (χ3n) is 3.33. The number of hydrogen-bond acceptors (Lipinski definition) is 3. The molecule has 1 atom stereocenters. The average molecular weight is 277 g/mol. The third kappa shape index (κ3) is 4.83. The quantitative estimate of drug-likeness (QED) is 0.766. The Labute approximate surface area is 122 Å². The lowest BCUT2D eigenvalue weighted by molar-refractivity contribution is 0.0933.